The Bertz CT molecular complexity index is 1070. The van der Waals surface area contributed by atoms with Gasteiger partial charge in [0.1, 0.15) is 5.75 Å². The Morgan fingerprint density at radius 3 is 2.93 bits per heavy atom. The number of hydrazone groups is 1. The first kappa shape index (κ1) is 19.7. The van der Waals surface area contributed by atoms with Gasteiger partial charge < -0.3 is 9.72 Å². The van der Waals surface area contributed by atoms with E-state index in [1.165, 1.54) is 24.1 Å². The number of carbonyl (C=O) groups excluding carboxylic acids is 1. The lowest BCUT2D eigenvalue weighted by Crippen LogP contribution is -2.17. The van der Waals surface area contributed by atoms with Crippen molar-refractivity contribution in [2.75, 3.05) is 6.61 Å². The molecule has 150 valence electrons. The summed E-state index contributed by atoms with van der Waals surface area (Å²) in [6.07, 6.45) is 7.18. The van der Waals surface area contributed by atoms with Crippen molar-refractivity contribution in [3.63, 3.8) is 0 Å². The standard InChI is InChI=1S/C23H24BrN3O2/c1-2-11-29-22-10-7-15(12-19(22)24)14-25-27-23(28)16-8-9-21-18(13-16)17-5-3-4-6-20(17)26-21/h7-10,12-14,26H,2-6,11H2,1H3,(H,27,28)/b25-14-. The fourth-order valence-electron chi connectivity index (χ4n) is 3.70. The third kappa shape index (κ3) is 4.37. The smallest absolute Gasteiger partial charge is 0.271 e. The molecule has 2 N–H and O–H groups in total. The largest absolute Gasteiger partial charge is 0.492 e. The number of benzene rings is 2. The Hall–Kier alpha value is -2.60. The second-order valence-electron chi connectivity index (χ2n) is 7.29. The summed E-state index contributed by atoms with van der Waals surface area (Å²) in [5.74, 6) is 0.590. The van der Waals surface area contributed by atoms with Crippen molar-refractivity contribution in [3.8, 4) is 5.75 Å². The van der Waals surface area contributed by atoms with Gasteiger partial charge in [-0.05, 0) is 95.6 Å². The molecular formula is C23H24BrN3O2. The zero-order valence-electron chi connectivity index (χ0n) is 16.4. The summed E-state index contributed by atoms with van der Waals surface area (Å²) in [4.78, 5) is 16.0. The van der Waals surface area contributed by atoms with Crippen LogP contribution in [0.2, 0.25) is 0 Å². The van der Waals surface area contributed by atoms with Crippen molar-refractivity contribution in [1.29, 1.82) is 0 Å². The van der Waals surface area contributed by atoms with E-state index in [2.05, 4.69) is 38.4 Å². The van der Waals surface area contributed by atoms with E-state index in [1.54, 1.807) is 6.21 Å². The number of carbonyl (C=O) groups is 1. The Balaban J connectivity index is 1.45. The van der Waals surface area contributed by atoms with Gasteiger partial charge in [0.25, 0.3) is 5.91 Å². The number of amides is 1. The normalized spacial score (nSPS) is 13.6. The van der Waals surface area contributed by atoms with Crippen LogP contribution in [0.1, 0.15) is 53.4 Å². The van der Waals surface area contributed by atoms with Gasteiger partial charge in [0.2, 0.25) is 0 Å². The summed E-state index contributed by atoms with van der Waals surface area (Å²) < 4.78 is 6.51. The molecule has 1 heterocycles. The highest BCUT2D eigenvalue weighted by Crippen LogP contribution is 2.29. The quantitative estimate of drug-likeness (QED) is 0.389. The molecule has 5 nitrogen and oxygen atoms in total. The molecule has 0 radical (unpaired) electrons. The fraction of sp³-hybridized carbons (Fsp3) is 0.304. The first-order valence-electron chi connectivity index (χ1n) is 10.0. The van der Waals surface area contributed by atoms with Crippen molar-refractivity contribution in [2.24, 2.45) is 5.10 Å². The van der Waals surface area contributed by atoms with Crippen molar-refractivity contribution >= 4 is 39.0 Å². The summed E-state index contributed by atoms with van der Waals surface area (Å²) in [5.41, 5.74) is 7.90. The van der Waals surface area contributed by atoms with Gasteiger partial charge in [0.05, 0.1) is 17.3 Å². The lowest BCUT2D eigenvalue weighted by Gasteiger charge is -2.10. The summed E-state index contributed by atoms with van der Waals surface area (Å²) in [7, 11) is 0. The molecule has 4 rings (SSSR count). The minimum absolute atomic E-state index is 0.212. The number of aromatic amines is 1. The molecule has 0 spiro atoms. The number of rotatable bonds is 6. The van der Waals surface area contributed by atoms with E-state index in [1.807, 2.05) is 36.4 Å². The van der Waals surface area contributed by atoms with Crippen LogP contribution in [0, 0.1) is 0 Å². The maximum absolute atomic E-state index is 12.5. The van der Waals surface area contributed by atoms with Gasteiger partial charge in [-0.15, -0.1) is 0 Å². The molecule has 0 fully saturated rings. The average molecular weight is 454 g/mol. The number of hydrogen-bond donors (Lipinski definition) is 2. The summed E-state index contributed by atoms with van der Waals surface area (Å²) in [5, 5.41) is 5.27. The van der Waals surface area contributed by atoms with Crippen LogP contribution in [0.3, 0.4) is 0 Å². The van der Waals surface area contributed by atoms with Crippen molar-refractivity contribution < 1.29 is 9.53 Å². The van der Waals surface area contributed by atoms with Crippen LogP contribution in [0.15, 0.2) is 46.0 Å². The Labute approximate surface area is 178 Å². The van der Waals surface area contributed by atoms with E-state index >= 15 is 0 Å². The highest BCUT2D eigenvalue weighted by molar-refractivity contribution is 9.10. The van der Waals surface area contributed by atoms with Crippen LogP contribution in [0.4, 0.5) is 0 Å². The van der Waals surface area contributed by atoms with Crippen LogP contribution in [-0.2, 0) is 12.8 Å². The zero-order chi connectivity index (χ0) is 20.2. The van der Waals surface area contributed by atoms with E-state index in [0.29, 0.717) is 12.2 Å². The third-order valence-corrected chi connectivity index (χ3v) is 5.78. The van der Waals surface area contributed by atoms with Crippen LogP contribution in [0.25, 0.3) is 10.9 Å². The van der Waals surface area contributed by atoms with E-state index < -0.39 is 0 Å². The van der Waals surface area contributed by atoms with E-state index in [-0.39, 0.29) is 5.91 Å². The van der Waals surface area contributed by atoms with Gasteiger partial charge in [-0.2, -0.15) is 5.10 Å². The molecule has 29 heavy (non-hydrogen) atoms. The molecular weight excluding hydrogens is 430 g/mol. The maximum atomic E-state index is 12.5. The minimum Gasteiger partial charge on any atom is -0.492 e. The molecule has 1 aromatic heterocycles. The lowest BCUT2D eigenvalue weighted by atomic mass is 9.95. The molecule has 3 aromatic rings. The molecule has 0 atom stereocenters. The van der Waals surface area contributed by atoms with Gasteiger partial charge in [-0.3, -0.25) is 4.79 Å². The van der Waals surface area contributed by atoms with Crippen molar-refractivity contribution in [1.82, 2.24) is 10.4 Å². The van der Waals surface area contributed by atoms with Gasteiger partial charge in [-0.25, -0.2) is 5.43 Å². The molecule has 1 aliphatic carbocycles. The SMILES string of the molecule is CCCOc1ccc(/C=N\NC(=O)c2ccc3[nH]c4c(c3c2)CCCC4)cc1Br. The van der Waals surface area contributed by atoms with Crippen LogP contribution in [0.5, 0.6) is 5.75 Å². The molecule has 2 aromatic carbocycles. The van der Waals surface area contributed by atoms with E-state index in [9.17, 15) is 4.79 Å². The number of aryl methyl sites for hydroxylation is 2. The van der Waals surface area contributed by atoms with E-state index in [0.717, 1.165) is 46.0 Å². The monoisotopic (exact) mass is 453 g/mol. The number of nitrogens with zero attached hydrogens (tertiary/aromatic N) is 1. The molecule has 0 aliphatic heterocycles. The number of aromatic nitrogens is 1. The minimum atomic E-state index is -0.212. The molecule has 0 unspecified atom stereocenters. The van der Waals surface area contributed by atoms with E-state index in [4.69, 9.17) is 4.74 Å². The molecule has 6 heteroatoms. The molecule has 1 amide bonds. The lowest BCUT2D eigenvalue weighted by molar-refractivity contribution is 0.0955. The molecule has 1 aliphatic rings. The molecule has 0 saturated heterocycles. The van der Waals surface area contributed by atoms with Crippen molar-refractivity contribution in [2.45, 2.75) is 39.0 Å². The van der Waals surface area contributed by atoms with Gasteiger partial charge in [-0.1, -0.05) is 6.92 Å². The number of hydrogen-bond acceptors (Lipinski definition) is 3. The summed E-state index contributed by atoms with van der Waals surface area (Å²) in [6.45, 7) is 2.75. The maximum Gasteiger partial charge on any atom is 0.271 e. The zero-order valence-corrected chi connectivity index (χ0v) is 18.0. The highest BCUT2D eigenvalue weighted by atomic mass is 79.9. The second kappa shape index (κ2) is 8.82. The number of ether oxygens (including phenoxy) is 1. The number of nitrogens with one attached hydrogen (secondary N) is 2. The Morgan fingerprint density at radius 2 is 2.10 bits per heavy atom. The van der Waals surface area contributed by atoms with Crippen molar-refractivity contribution in [3.05, 3.63) is 63.3 Å². The topological polar surface area (TPSA) is 66.5 Å². The Morgan fingerprint density at radius 1 is 1.24 bits per heavy atom. The average Bonchev–Trinajstić information content (AvgIpc) is 3.11. The fourth-order valence-corrected chi connectivity index (χ4v) is 4.21. The summed E-state index contributed by atoms with van der Waals surface area (Å²) >= 11 is 3.51. The predicted molar refractivity (Wildman–Crippen MR) is 120 cm³/mol. The van der Waals surface area contributed by atoms with Gasteiger partial charge in [0.15, 0.2) is 0 Å². The molecule has 0 saturated carbocycles. The van der Waals surface area contributed by atoms with Gasteiger partial charge >= 0.3 is 0 Å². The van der Waals surface area contributed by atoms with Gasteiger partial charge in [0, 0.05) is 22.2 Å². The number of fused-ring (bicyclic) bond motifs is 3. The van der Waals surface area contributed by atoms with Crippen LogP contribution < -0.4 is 10.2 Å². The first-order valence-corrected chi connectivity index (χ1v) is 10.8. The predicted octanol–water partition coefficient (Wildman–Crippen LogP) is 5.36. The first-order chi connectivity index (χ1) is 14.2. The Kier molecular flexibility index (Phi) is 6.00. The number of halogens is 1. The number of H-pyrrole nitrogens is 1. The summed E-state index contributed by atoms with van der Waals surface area (Å²) in [6, 6.07) is 11.5. The second-order valence-corrected chi connectivity index (χ2v) is 8.14. The third-order valence-electron chi connectivity index (χ3n) is 5.16. The highest BCUT2D eigenvalue weighted by Gasteiger charge is 2.16. The van der Waals surface area contributed by atoms with Crippen LogP contribution in [-0.4, -0.2) is 23.7 Å². The molecule has 0 bridgehead atoms. The van der Waals surface area contributed by atoms with Crippen LogP contribution >= 0.6 is 15.9 Å².